The first-order chi connectivity index (χ1) is 15.7. The molecular formula is C25H23Cl2F3N2O2. The van der Waals surface area contributed by atoms with Crippen molar-refractivity contribution in [3.8, 4) is 0 Å². The Bertz CT molecular complexity index is 1340. The summed E-state index contributed by atoms with van der Waals surface area (Å²) in [4.78, 5) is 26.4. The molecule has 1 saturated heterocycles. The van der Waals surface area contributed by atoms with E-state index in [-0.39, 0.29) is 28.7 Å². The summed E-state index contributed by atoms with van der Waals surface area (Å²) >= 11 is 13.1. The number of carbonyl (C=O) groups excluding carboxylic acids is 2. The zero-order valence-corrected chi connectivity index (χ0v) is 20.6. The topological polar surface area (TPSA) is 42.3 Å². The van der Waals surface area contributed by atoms with Crippen LogP contribution in [0.4, 0.5) is 13.2 Å². The van der Waals surface area contributed by atoms with Crippen LogP contribution in [0, 0.1) is 12.3 Å². The van der Waals surface area contributed by atoms with Gasteiger partial charge in [-0.3, -0.25) is 9.59 Å². The van der Waals surface area contributed by atoms with Crippen LogP contribution < -0.4 is 0 Å². The molecule has 1 amide bonds. The fraction of sp³-hybridized carbons (Fsp3) is 0.360. The summed E-state index contributed by atoms with van der Waals surface area (Å²) in [6.07, 6.45) is -4.21. The molecule has 4 rings (SSSR count). The van der Waals surface area contributed by atoms with Gasteiger partial charge in [0, 0.05) is 48.2 Å². The van der Waals surface area contributed by atoms with Crippen LogP contribution >= 0.6 is 23.2 Å². The second-order valence-corrected chi connectivity index (χ2v) is 10.0. The number of rotatable bonds is 4. The molecule has 2 heterocycles. The van der Waals surface area contributed by atoms with Crippen LogP contribution in [-0.2, 0) is 24.4 Å². The molecule has 1 aliphatic rings. The van der Waals surface area contributed by atoms with E-state index in [1.165, 1.54) is 6.92 Å². The van der Waals surface area contributed by atoms with Crippen molar-refractivity contribution in [2.24, 2.45) is 12.5 Å². The number of nitrogens with zero attached hydrogens (tertiary/aromatic N) is 2. The van der Waals surface area contributed by atoms with E-state index in [9.17, 15) is 22.8 Å². The second-order valence-electron chi connectivity index (χ2n) is 9.26. The normalized spacial score (nSPS) is 15.5. The molecule has 4 nitrogen and oxygen atoms in total. The minimum Gasteiger partial charge on any atom is -0.347 e. The lowest BCUT2D eigenvalue weighted by atomic mass is 9.78. The lowest BCUT2D eigenvalue weighted by Crippen LogP contribution is -2.60. The van der Waals surface area contributed by atoms with Gasteiger partial charge in [0.1, 0.15) is 5.78 Å². The Balaban J connectivity index is 1.69. The predicted molar refractivity (Wildman–Crippen MR) is 127 cm³/mol. The molecule has 3 aromatic rings. The number of Topliss-reactive ketones (excluding diaryl/α,β-unsaturated/α-hetero) is 1. The number of aromatic nitrogens is 1. The highest BCUT2D eigenvalue weighted by Crippen LogP contribution is 2.38. The fourth-order valence-electron chi connectivity index (χ4n) is 4.44. The van der Waals surface area contributed by atoms with Crippen LogP contribution in [0.1, 0.15) is 46.6 Å². The molecule has 0 aliphatic carbocycles. The number of benzene rings is 2. The van der Waals surface area contributed by atoms with Crippen molar-refractivity contribution >= 4 is 45.8 Å². The summed E-state index contributed by atoms with van der Waals surface area (Å²) < 4.78 is 41.6. The first-order valence-electron chi connectivity index (χ1n) is 10.7. The van der Waals surface area contributed by atoms with Gasteiger partial charge in [-0.25, -0.2) is 0 Å². The van der Waals surface area contributed by atoms with Gasteiger partial charge in [-0.15, -0.1) is 0 Å². The number of likely N-dealkylation sites (tertiary alicyclic amines) is 1. The molecule has 0 spiro atoms. The van der Waals surface area contributed by atoms with Gasteiger partial charge in [-0.05, 0) is 62.2 Å². The highest BCUT2D eigenvalue weighted by Gasteiger charge is 2.45. The predicted octanol–water partition coefficient (Wildman–Crippen LogP) is 6.45. The molecule has 9 heteroatoms. The monoisotopic (exact) mass is 510 g/mol. The van der Waals surface area contributed by atoms with E-state index in [1.807, 2.05) is 13.0 Å². The van der Waals surface area contributed by atoms with Crippen molar-refractivity contribution in [2.75, 3.05) is 13.1 Å². The number of alkyl halides is 3. The lowest BCUT2D eigenvalue weighted by Gasteiger charge is -2.46. The fourth-order valence-corrected chi connectivity index (χ4v) is 5.02. The molecule has 180 valence electrons. The molecule has 0 unspecified atom stereocenters. The van der Waals surface area contributed by atoms with Crippen LogP contribution in [0.25, 0.3) is 10.9 Å². The smallest absolute Gasteiger partial charge is 0.347 e. The number of hydrogen-bond donors (Lipinski definition) is 0. The highest BCUT2D eigenvalue weighted by atomic mass is 35.5. The Hall–Kier alpha value is -2.51. The molecule has 1 fully saturated rings. The van der Waals surface area contributed by atoms with Crippen molar-refractivity contribution in [1.82, 2.24) is 9.47 Å². The first-order valence-corrected chi connectivity index (χ1v) is 11.4. The van der Waals surface area contributed by atoms with Crippen LogP contribution in [-0.4, -0.2) is 34.2 Å². The molecule has 0 atom stereocenters. The molecule has 0 bridgehead atoms. The van der Waals surface area contributed by atoms with Crippen LogP contribution in [0.2, 0.25) is 10.0 Å². The molecule has 1 aliphatic heterocycles. The summed E-state index contributed by atoms with van der Waals surface area (Å²) in [5.41, 5.74) is 1.21. The van der Waals surface area contributed by atoms with Crippen LogP contribution in [0.15, 0.2) is 30.3 Å². The maximum absolute atomic E-state index is 13.3. The number of amides is 1. The minimum absolute atomic E-state index is 0.0270. The van der Waals surface area contributed by atoms with Gasteiger partial charge in [-0.2, -0.15) is 13.2 Å². The molecule has 1 aromatic heterocycles. The first kappa shape index (κ1) is 24.6. The number of carbonyl (C=O) groups is 2. The largest absolute Gasteiger partial charge is 0.416 e. The van der Waals surface area contributed by atoms with Crippen molar-refractivity contribution in [1.29, 1.82) is 0 Å². The maximum atomic E-state index is 13.3. The van der Waals surface area contributed by atoms with Crippen LogP contribution in [0.3, 0.4) is 0 Å². The average molecular weight is 511 g/mol. The molecule has 0 radical (unpaired) electrons. The van der Waals surface area contributed by atoms with Crippen molar-refractivity contribution < 1.29 is 22.8 Å². The van der Waals surface area contributed by atoms with Gasteiger partial charge in [0.25, 0.3) is 5.91 Å². The van der Waals surface area contributed by atoms with E-state index >= 15 is 0 Å². The zero-order valence-electron chi connectivity index (χ0n) is 19.1. The van der Waals surface area contributed by atoms with E-state index in [0.717, 1.165) is 12.1 Å². The van der Waals surface area contributed by atoms with E-state index in [2.05, 4.69) is 0 Å². The van der Waals surface area contributed by atoms with Crippen molar-refractivity contribution in [3.05, 3.63) is 68.3 Å². The van der Waals surface area contributed by atoms with Gasteiger partial charge < -0.3 is 9.47 Å². The summed E-state index contributed by atoms with van der Waals surface area (Å²) in [6.45, 7) is 5.61. The van der Waals surface area contributed by atoms with Gasteiger partial charge in [0.2, 0.25) is 0 Å². The van der Waals surface area contributed by atoms with Gasteiger partial charge in [0.15, 0.2) is 0 Å². The minimum atomic E-state index is -4.44. The maximum Gasteiger partial charge on any atom is 0.416 e. The van der Waals surface area contributed by atoms with Gasteiger partial charge in [0.05, 0.1) is 21.6 Å². The van der Waals surface area contributed by atoms with E-state index < -0.39 is 17.2 Å². The number of hydrogen-bond acceptors (Lipinski definition) is 2. The van der Waals surface area contributed by atoms with Crippen molar-refractivity contribution in [3.63, 3.8) is 0 Å². The van der Waals surface area contributed by atoms with E-state index in [0.29, 0.717) is 45.8 Å². The Morgan fingerprint density at radius 1 is 1.12 bits per heavy atom. The number of ketones is 1. The Morgan fingerprint density at radius 3 is 2.35 bits per heavy atom. The summed E-state index contributed by atoms with van der Waals surface area (Å²) in [5.74, 6) is -0.261. The third kappa shape index (κ3) is 4.09. The molecular weight excluding hydrogens is 488 g/mol. The van der Waals surface area contributed by atoms with Crippen molar-refractivity contribution in [2.45, 2.75) is 33.4 Å². The Kier molecular flexibility index (Phi) is 6.01. The molecule has 0 saturated carbocycles. The number of fused-ring (bicyclic) bond motifs is 1. The molecule has 0 N–H and O–H groups in total. The van der Waals surface area contributed by atoms with E-state index in [1.54, 1.807) is 35.6 Å². The Morgan fingerprint density at radius 2 is 1.76 bits per heavy atom. The van der Waals surface area contributed by atoms with Gasteiger partial charge in [-0.1, -0.05) is 23.2 Å². The molecule has 34 heavy (non-hydrogen) atoms. The second kappa shape index (κ2) is 8.31. The van der Waals surface area contributed by atoms with E-state index in [4.69, 9.17) is 23.2 Å². The number of halogens is 5. The van der Waals surface area contributed by atoms with Crippen LogP contribution in [0.5, 0.6) is 0 Å². The third-order valence-corrected chi connectivity index (χ3v) is 7.57. The zero-order chi connectivity index (χ0) is 25.2. The SMILES string of the molecule is CC(=O)C1(C)CN(C(=O)c2ccc(Cl)c(Cc3cc4c(C)cc(C(F)(F)F)cc4n3C)c2Cl)C1. The quantitative estimate of drug-likeness (QED) is 0.404. The third-order valence-electron chi connectivity index (χ3n) is 6.79. The summed E-state index contributed by atoms with van der Waals surface area (Å²) in [5, 5.41) is 1.26. The average Bonchev–Trinajstić information content (AvgIpc) is 3.03. The lowest BCUT2D eigenvalue weighted by molar-refractivity contribution is -0.137. The molecule has 2 aromatic carbocycles. The van der Waals surface area contributed by atoms with Gasteiger partial charge >= 0.3 is 6.18 Å². The summed E-state index contributed by atoms with van der Waals surface area (Å²) in [7, 11) is 1.69. The summed E-state index contributed by atoms with van der Waals surface area (Å²) in [6, 6.07) is 7.23. The Labute approximate surface area is 205 Å². The standard InChI is InChI=1S/C25H23Cl2F3N2O2/c1-13-7-15(25(28,29)30)8-21-18(13)9-16(31(21)4)10-19-20(26)6-5-17(22(19)27)23(34)32-11-24(3,12-32)14(2)33/h5-9H,10-12H2,1-4H3. The highest BCUT2D eigenvalue weighted by molar-refractivity contribution is 6.38. The number of aryl methyl sites for hydroxylation is 2.